The van der Waals surface area contributed by atoms with E-state index in [9.17, 15) is 0 Å². The van der Waals surface area contributed by atoms with E-state index in [2.05, 4.69) is 57.0 Å². The molecule has 0 amide bonds. The third kappa shape index (κ3) is 3.76. The molecule has 2 heteroatoms. The van der Waals surface area contributed by atoms with E-state index in [-0.39, 0.29) is 0 Å². The van der Waals surface area contributed by atoms with Crippen molar-refractivity contribution in [2.24, 2.45) is 0 Å². The average molecular weight is 277 g/mol. The lowest BCUT2D eigenvalue weighted by molar-refractivity contribution is 0.655. The molecule has 0 radical (unpaired) electrons. The van der Waals surface area contributed by atoms with Gasteiger partial charge in [0.25, 0.3) is 0 Å². The van der Waals surface area contributed by atoms with Crippen molar-refractivity contribution in [3.05, 3.63) is 34.4 Å². The van der Waals surface area contributed by atoms with Gasteiger partial charge in [0, 0.05) is 17.0 Å². The van der Waals surface area contributed by atoms with Crippen LogP contribution in [0.4, 0.5) is 0 Å². The Balaban J connectivity index is 2.05. The summed E-state index contributed by atoms with van der Waals surface area (Å²) in [5, 5.41) is 4.41. The van der Waals surface area contributed by atoms with Crippen molar-refractivity contribution in [3.63, 3.8) is 0 Å². The third-order valence-electron chi connectivity index (χ3n) is 4.41. The lowest BCUT2D eigenvalue weighted by Crippen LogP contribution is -2.21. The molecule has 1 aliphatic carbocycles. The van der Waals surface area contributed by atoms with Gasteiger partial charge in [0.1, 0.15) is 0 Å². The maximum atomic E-state index is 3.51. The molecule has 0 saturated heterocycles. The minimum Gasteiger partial charge on any atom is -0.312 e. The molecule has 1 aliphatic rings. The normalized spacial score (nSPS) is 17.9. The number of hydrogen-bond acceptors (Lipinski definition) is 2. The molecule has 0 bridgehead atoms. The van der Waals surface area contributed by atoms with Crippen molar-refractivity contribution in [2.75, 3.05) is 12.8 Å². The molecule has 106 valence electrons. The fourth-order valence-corrected chi connectivity index (χ4v) is 4.45. The zero-order chi connectivity index (χ0) is 13.8. The Kier molecular flexibility index (Phi) is 5.35. The molecule has 0 aliphatic heterocycles. The predicted molar refractivity (Wildman–Crippen MR) is 87.2 cm³/mol. The molecule has 0 heterocycles. The maximum Gasteiger partial charge on any atom is 0.0412 e. The zero-order valence-electron chi connectivity index (χ0n) is 12.8. The quantitative estimate of drug-likeness (QED) is 0.847. The third-order valence-corrected chi connectivity index (χ3v) is 5.88. The topological polar surface area (TPSA) is 12.0 Å². The van der Waals surface area contributed by atoms with Crippen LogP contribution in [0, 0.1) is 20.8 Å². The highest BCUT2D eigenvalue weighted by molar-refractivity contribution is 7.99. The van der Waals surface area contributed by atoms with E-state index in [4.69, 9.17) is 0 Å². The van der Waals surface area contributed by atoms with Gasteiger partial charge in [-0.15, -0.1) is 0 Å². The lowest BCUT2D eigenvalue weighted by atomic mass is 9.96. The maximum absolute atomic E-state index is 3.51. The first-order valence-electron chi connectivity index (χ1n) is 7.48. The molecule has 0 spiro atoms. The highest BCUT2D eigenvalue weighted by Crippen LogP contribution is 2.33. The van der Waals surface area contributed by atoms with E-state index in [0.29, 0.717) is 6.04 Å². The summed E-state index contributed by atoms with van der Waals surface area (Å²) >= 11 is 2.17. The highest BCUT2D eigenvalue weighted by atomic mass is 32.2. The van der Waals surface area contributed by atoms with Crippen molar-refractivity contribution < 1.29 is 0 Å². The number of thioether (sulfide) groups is 1. The van der Waals surface area contributed by atoms with Gasteiger partial charge in [-0.2, -0.15) is 11.8 Å². The van der Waals surface area contributed by atoms with Crippen LogP contribution in [0.2, 0.25) is 0 Å². The van der Waals surface area contributed by atoms with Gasteiger partial charge in [0.05, 0.1) is 0 Å². The van der Waals surface area contributed by atoms with Crippen molar-refractivity contribution in [1.82, 2.24) is 5.32 Å². The molecule has 1 unspecified atom stereocenters. The second kappa shape index (κ2) is 6.81. The van der Waals surface area contributed by atoms with Crippen LogP contribution in [-0.2, 0) is 0 Å². The van der Waals surface area contributed by atoms with E-state index >= 15 is 0 Å². The Bertz CT molecular complexity index is 422. The summed E-state index contributed by atoms with van der Waals surface area (Å²) in [4.78, 5) is 0. The summed E-state index contributed by atoms with van der Waals surface area (Å²) in [5.74, 6) is 1.20. The van der Waals surface area contributed by atoms with E-state index in [1.54, 1.807) is 0 Å². The SMILES string of the molecule is CNC(CSC1CCCC1)c1cc(C)c(C)cc1C. The Morgan fingerprint density at radius 1 is 1.11 bits per heavy atom. The van der Waals surface area contributed by atoms with E-state index in [1.165, 1.54) is 53.7 Å². The van der Waals surface area contributed by atoms with Crippen molar-refractivity contribution in [3.8, 4) is 0 Å². The van der Waals surface area contributed by atoms with E-state index in [1.807, 2.05) is 0 Å². The van der Waals surface area contributed by atoms with Crippen molar-refractivity contribution >= 4 is 11.8 Å². The van der Waals surface area contributed by atoms with Crippen LogP contribution in [0.1, 0.15) is 54.0 Å². The average Bonchev–Trinajstić information content (AvgIpc) is 2.89. The minimum atomic E-state index is 0.491. The van der Waals surface area contributed by atoms with E-state index < -0.39 is 0 Å². The number of benzene rings is 1. The predicted octanol–water partition coefficient (Wildman–Crippen LogP) is 4.55. The largest absolute Gasteiger partial charge is 0.312 e. The Morgan fingerprint density at radius 3 is 2.37 bits per heavy atom. The molecule has 1 nitrogen and oxygen atoms in total. The summed E-state index contributed by atoms with van der Waals surface area (Å²) in [6.45, 7) is 6.66. The first kappa shape index (κ1) is 14.9. The van der Waals surface area contributed by atoms with Crippen LogP contribution in [0.25, 0.3) is 0 Å². The van der Waals surface area contributed by atoms with Gasteiger partial charge in [0.15, 0.2) is 0 Å². The van der Waals surface area contributed by atoms with Gasteiger partial charge in [-0.3, -0.25) is 0 Å². The van der Waals surface area contributed by atoms with Gasteiger partial charge in [-0.25, -0.2) is 0 Å². The van der Waals surface area contributed by atoms with Crippen LogP contribution in [0.5, 0.6) is 0 Å². The van der Waals surface area contributed by atoms with Crippen LogP contribution < -0.4 is 5.32 Å². The fourth-order valence-electron chi connectivity index (χ4n) is 2.97. The molecule has 1 saturated carbocycles. The highest BCUT2D eigenvalue weighted by Gasteiger charge is 2.19. The summed E-state index contributed by atoms with van der Waals surface area (Å²) < 4.78 is 0. The van der Waals surface area contributed by atoms with Crippen LogP contribution in [0.15, 0.2) is 12.1 Å². The number of aryl methyl sites for hydroxylation is 3. The van der Waals surface area contributed by atoms with Crippen molar-refractivity contribution in [1.29, 1.82) is 0 Å². The smallest absolute Gasteiger partial charge is 0.0412 e. The van der Waals surface area contributed by atoms with Gasteiger partial charge < -0.3 is 5.32 Å². The number of nitrogens with one attached hydrogen (secondary N) is 1. The molecule has 1 atom stereocenters. The second-order valence-corrected chi connectivity index (χ2v) is 7.21. The van der Waals surface area contributed by atoms with Crippen LogP contribution in [-0.4, -0.2) is 18.1 Å². The minimum absolute atomic E-state index is 0.491. The molecule has 19 heavy (non-hydrogen) atoms. The molecule has 1 aromatic carbocycles. The number of hydrogen-bond donors (Lipinski definition) is 1. The first-order valence-corrected chi connectivity index (χ1v) is 8.53. The Labute approximate surface area is 122 Å². The molecule has 2 rings (SSSR count). The molecule has 1 N–H and O–H groups in total. The molecule has 1 aromatic rings. The van der Waals surface area contributed by atoms with Crippen LogP contribution >= 0.6 is 11.8 Å². The summed E-state index contributed by atoms with van der Waals surface area (Å²) in [5.41, 5.74) is 5.72. The summed E-state index contributed by atoms with van der Waals surface area (Å²) in [7, 11) is 2.09. The molecular formula is C17H27NS. The fraction of sp³-hybridized carbons (Fsp3) is 0.647. The Hall–Kier alpha value is -0.470. The zero-order valence-corrected chi connectivity index (χ0v) is 13.6. The van der Waals surface area contributed by atoms with Gasteiger partial charge in [-0.1, -0.05) is 25.0 Å². The monoisotopic (exact) mass is 277 g/mol. The van der Waals surface area contributed by atoms with Crippen LogP contribution in [0.3, 0.4) is 0 Å². The second-order valence-electron chi connectivity index (χ2n) is 5.87. The van der Waals surface area contributed by atoms with Gasteiger partial charge >= 0.3 is 0 Å². The summed E-state index contributed by atoms with van der Waals surface area (Å²) in [6, 6.07) is 5.20. The molecular weight excluding hydrogens is 250 g/mol. The first-order chi connectivity index (χ1) is 9.11. The summed E-state index contributed by atoms with van der Waals surface area (Å²) in [6.07, 6.45) is 5.72. The lowest BCUT2D eigenvalue weighted by Gasteiger charge is -2.21. The number of rotatable bonds is 5. The van der Waals surface area contributed by atoms with E-state index in [0.717, 1.165) is 5.25 Å². The van der Waals surface area contributed by atoms with Gasteiger partial charge in [0.2, 0.25) is 0 Å². The van der Waals surface area contributed by atoms with Crippen molar-refractivity contribution in [2.45, 2.75) is 57.7 Å². The molecule has 0 aromatic heterocycles. The molecule has 1 fully saturated rings. The standard InChI is InChI=1S/C17H27NS/c1-12-9-14(3)16(10-13(12)2)17(18-4)11-19-15-7-5-6-8-15/h9-10,15,17-18H,5-8,11H2,1-4H3. The van der Waals surface area contributed by atoms with Gasteiger partial charge in [-0.05, 0) is 62.9 Å². The Morgan fingerprint density at radius 2 is 1.74 bits per heavy atom.